The highest BCUT2D eigenvalue weighted by molar-refractivity contribution is 6.25. The third kappa shape index (κ3) is 6.25. The van der Waals surface area contributed by atoms with Crippen LogP contribution in [0.25, 0.3) is 65.7 Å². The molecule has 2 heterocycles. The molecule has 2 heteroatoms. The third-order valence-corrected chi connectivity index (χ3v) is 14.2. The zero-order valence-corrected chi connectivity index (χ0v) is 36.7. The van der Waals surface area contributed by atoms with Gasteiger partial charge in [0.2, 0.25) is 0 Å². The van der Waals surface area contributed by atoms with E-state index in [9.17, 15) is 0 Å². The highest BCUT2D eigenvalue weighted by Crippen LogP contribution is 2.51. The van der Waals surface area contributed by atoms with Crippen LogP contribution in [0.3, 0.4) is 0 Å². The van der Waals surface area contributed by atoms with Gasteiger partial charge >= 0.3 is 0 Å². The molecule has 2 aliphatic heterocycles. The molecule has 11 aromatic carbocycles. The second-order valence-electron chi connectivity index (χ2n) is 17.8. The second-order valence-corrected chi connectivity index (χ2v) is 17.8. The first kappa shape index (κ1) is 38.3. The minimum Gasteiger partial charge on any atom is -0.310 e. The molecule has 66 heavy (non-hydrogen) atoms. The van der Waals surface area contributed by atoms with E-state index < -0.39 is 0 Å². The first-order valence-corrected chi connectivity index (χ1v) is 23.4. The minimum atomic E-state index is 0.999. The number of nitrogens with zero attached hydrogens (tertiary/aromatic N) is 2. The molecule has 2 nitrogen and oxygen atoms in total. The highest BCUT2D eigenvalue weighted by atomic mass is 15.2. The van der Waals surface area contributed by atoms with Crippen LogP contribution in [0.15, 0.2) is 231 Å². The molecule has 0 spiro atoms. The zero-order chi connectivity index (χ0) is 43.6. The molecule has 11 aromatic rings. The Morgan fingerprint density at radius 2 is 0.606 bits per heavy atom. The van der Waals surface area contributed by atoms with Crippen molar-refractivity contribution >= 4 is 66.4 Å². The van der Waals surface area contributed by atoms with E-state index in [1.807, 2.05) is 0 Å². The molecular formula is C64H46N2. The third-order valence-electron chi connectivity index (χ3n) is 14.2. The first-order chi connectivity index (χ1) is 32.8. The number of para-hydroxylation sites is 4. The summed E-state index contributed by atoms with van der Waals surface area (Å²) in [5, 5.41) is 7.41. The highest BCUT2D eigenvalue weighted by Gasteiger charge is 2.27. The van der Waals surface area contributed by atoms with Gasteiger partial charge in [0.1, 0.15) is 0 Å². The maximum atomic E-state index is 2.52. The Hall–Kier alpha value is -8.20. The van der Waals surface area contributed by atoms with Gasteiger partial charge in [-0.3, -0.25) is 0 Å². The summed E-state index contributed by atoms with van der Waals surface area (Å²) in [6.45, 7) is 0. The molecule has 0 bridgehead atoms. The van der Waals surface area contributed by atoms with Crippen molar-refractivity contribution in [2.24, 2.45) is 0 Å². The number of hydrogen-bond acceptors (Lipinski definition) is 2. The van der Waals surface area contributed by atoms with Crippen molar-refractivity contribution in [3.8, 4) is 33.4 Å². The van der Waals surface area contributed by atoms with E-state index in [2.05, 4.69) is 240 Å². The maximum Gasteiger partial charge on any atom is 0.0493 e. The summed E-state index contributed by atoms with van der Waals surface area (Å²) in [5.74, 6) is 0. The largest absolute Gasteiger partial charge is 0.310 e. The number of benzene rings is 11. The van der Waals surface area contributed by atoms with E-state index in [1.54, 1.807) is 0 Å². The number of hydrogen-bond donors (Lipinski definition) is 0. The molecule has 0 unspecified atom stereocenters. The Labute approximate surface area is 386 Å². The van der Waals surface area contributed by atoms with Crippen LogP contribution in [0.2, 0.25) is 0 Å². The van der Waals surface area contributed by atoms with Gasteiger partial charge in [-0.05, 0) is 162 Å². The van der Waals surface area contributed by atoms with Gasteiger partial charge < -0.3 is 9.80 Å². The molecule has 0 aliphatic carbocycles. The Balaban J connectivity index is 1.16. The van der Waals surface area contributed by atoms with Gasteiger partial charge in [0.25, 0.3) is 0 Å². The molecule has 0 amide bonds. The van der Waals surface area contributed by atoms with Crippen LogP contribution >= 0.6 is 0 Å². The van der Waals surface area contributed by atoms with Crippen molar-refractivity contribution in [1.82, 2.24) is 0 Å². The van der Waals surface area contributed by atoms with Gasteiger partial charge in [-0.2, -0.15) is 0 Å². The van der Waals surface area contributed by atoms with Gasteiger partial charge in [-0.25, -0.2) is 0 Å². The normalized spacial score (nSPS) is 13.2. The molecule has 0 atom stereocenters. The number of anilines is 6. The zero-order valence-electron chi connectivity index (χ0n) is 36.7. The van der Waals surface area contributed by atoms with E-state index in [1.165, 1.54) is 111 Å². The van der Waals surface area contributed by atoms with Crippen LogP contribution in [0.5, 0.6) is 0 Å². The number of rotatable bonds is 5. The van der Waals surface area contributed by atoms with Crippen molar-refractivity contribution in [3.63, 3.8) is 0 Å². The molecule has 0 saturated heterocycles. The fourth-order valence-corrected chi connectivity index (χ4v) is 11.2. The molecule has 13 rings (SSSR count). The van der Waals surface area contributed by atoms with Crippen LogP contribution < -0.4 is 9.80 Å². The average Bonchev–Trinajstić information content (AvgIpc) is 3.66. The predicted molar refractivity (Wildman–Crippen MR) is 279 cm³/mol. The van der Waals surface area contributed by atoms with Crippen molar-refractivity contribution in [3.05, 3.63) is 253 Å². The molecule has 0 radical (unpaired) electrons. The molecule has 0 fully saturated rings. The first-order valence-electron chi connectivity index (χ1n) is 23.4. The summed E-state index contributed by atoms with van der Waals surface area (Å²) in [7, 11) is 0. The lowest BCUT2D eigenvalue weighted by Crippen LogP contribution is -2.12. The maximum absolute atomic E-state index is 2.52. The lowest BCUT2D eigenvalue weighted by atomic mass is 9.83. The smallest absolute Gasteiger partial charge is 0.0493 e. The topological polar surface area (TPSA) is 6.48 Å². The summed E-state index contributed by atoms with van der Waals surface area (Å²) in [6.07, 6.45) is 4.00. The molecular weight excluding hydrogens is 797 g/mol. The summed E-state index contributed by atoms with van der Waals surface area (Å²) < 4.78 is 0. The van der Waals surface area contributed by atoms with Crippen molar-refractivity contribution in [2.45, 2.75) is 25.7 Å². The molecule has 0 aromatic heterocycles. The SMILES string of the molecule is c1ccc(-c2ccc(-c3c4ccc(N5c6ccccc6CCc6ccccc65)cc4c(-c4ccccc4)c4ccc(N5c6ccccc6CCc6ccccc65)cc34)c3ccccc23)cc1. The molecule has 2 aliphatic rings. The standard InChI is InChI=1S/C64H46N2/c1-3-17-43(18-4-1)51-39-40-54(53-26-12-11-25-52(51)53)64-56-38-36-49(65-59-27-13-7-19-44(59)31-32-45-20-8-14-28-60(45)65)41-57(56)63(48-23-5-2-6-24-48)55-37-35-50(42-58(55)64)66-61-29-15-9-21-46(61)33-34-47-22-10-16-30-62(47)66/h1-30,35-42H,31-34H2. The average molecular weight is 843 g/mol. The Kier molecular flexibility index (Phi) is 9.16. The van der Waals surface area contributed by atoms with Crippen molar-refractivity contribution in [2.75, 3.05) is 9.80 Å². The number of aryl methyl sites for hydroxylation is 4. The van der Waals surface area contributed by atoms with E-state index >= 15 is 0 Å². The van der Waals surface area contributed by atoms with E-state index in [-0.39, 0.29) is 0 Å². The molecule has 312 valence electrons. The van der Waals surface area contributed by atoms with Crippen molar-refractivity contribution < 1.29 is 0 Å². The predicted octanol–water partition coefficient (Wildman–Crippen LogP) is 17.3. The fourth-order valence-electron chi connectivity index (χ4n) is 11.2. The monoisotopic (exact) mass is 842 g/mol. The summed E-state index contributed by atoms with van der Waals surface area (Å²) in [4.78, 5) is 5.03. The Morgan fingerprint density at radius 3 is 1.09 bits per heavy atom. The summed E-state index contributed by atoms with van der Waals surface area (Å²) in [5.41, 5.74) is 20.1. The van der Waals surface area contributed by atoms with Gasteiger partial charge in [0.05, 0.1) is 0 Å². The van der Waals surface area contributed by atoms with E-state index in [0.29, 0.717) is 0 Å². The van der Waals surface area contributed by atoms with Gasteiger partial charge in [0, 0.05) is 34.1 Å². The van der Waals surface area contributed by atoms with Crippen LogP contribution in [-0.2, 0) is 25.7 Å². The second kappa shape index (κ2) is 15.8. The van der Waals surface area contributed by atoms with Crippen molar-refractivity contribution in [1.29, 1.82) is 0 Å². The fraction of sp³-hybridized carbons (Fsp3) is 0.0625. The Bertz CT molecular complexity index is 3570. The minimum absolute atomic E-state index is 0.999. The summed E-state index contributed by atoms with van der Waals surface area (Å²) >= 11 is 0. The van der Waals surface area contributed by atoms with Crippen LogP contribution in [-0.4, -0.2) is 0 Å². The van der Waals surface area contributed by atoms with Crippen LogP contribution in [0.1, 0.15) is 22.3 Å². The summed E-state index contributed by atoms with van der Waals surface area (Å²) in [6, 6.07) is 86.1. The van der Waals surface area contributed by atoms with Crippen LogP contribution in [0.4, 0.5) is 34.1 Å². The molecule has 0 N–H and O–H groups in total. The quantitative estimate of drug-likeness (QED) is 0.159. The van der Waals surface area contributed by atoms with E-state index in [0.717, 1.165) is 37.1 Å². The number of fused-ring (bicyclic) bond motifs is 7. The van der Waals surface area contributed by atoms with Crippen LogP contribution in [0, 0.1) is 0 Å². The molecule has 0 saturated carbocycles. The van der Waals surface area contributed by atoms with Gasteiger partial charge in [-0.1, -0.05) is 182 Å². The lowest BCUT2D eigenvalue weighted by molar-refractivity contribution is 0.977. The van der Waals surface area contributed by atoms with E-state index in [4.69, 9.17) is 0 Å². The van der Waals surface area contributed by atoms with Gasteiger partial charge in [-0.15, -0.1) is 0 Å². The Morgan fingerprint density at radius 1 is 0.242 bits per heavy atom. The lowest BCUT2D eigenvalue weighted by Gasteiger charge is -2.29. The van der Waals surface area contributed by atoms with Gasteiger partial charge in [0.15, 0.2) is 0 Å².